The number of alkyl halides is 2. The maximum absolute atomic E-state index is 12.8. The van der Waals surface area contributed by atoms with Crippen molar-refractivity contribution in [1.29, 1.82) is 0 Å². The van der Waals surface area contributed by atoms with Crippen LogP contribution in [0.2, 0.25) is 0 Å². The smallest absolute Gasteiger partial charge is 0.387 e. The van der Waals surface area contributed by atoms with Gasteiger partial charge in [0.05, 0.1) is 5.52 Å². The molecular formula is C25H25F2N3O4. The number of nitrogens with one attached hydrogen (secondary N) is 1. The number of fused-ring (bicyclic) bond motifs is 1. The monoisotopic (exact) mass is 469 g/mol. The summed E-state index contributed by atoms with van der Waals surface area (Å²) in [5.74, 6) is -0.362. The van der Waals surface area contributed by atoms with Crippen LogP contribution < -0.4 is 15.0 Å². The molecule has 7 nitrogen and oxygen atoms in total. The molecule has 0 spiro atoms. The first-order valence-electron chi connectivity index (χ1n) is 11.1. The van der Waals surface area contributed by atoms with Crippen LogP contribution in [-0.2, 0) is 16.0 Å². The van der Waals surface area contributed by atoms with E-state index in [2.05, 4.69) is 19.9 Å². The largest absolute Gasteiger partial charge is 0.452 e. The molecule has 1 aliphatic heterocycles. The highest BCUT2D eigenvalue weighted by molar-refractivity contribution is 6.00. The Morgan fingerprint density at radius 3 is 2.53 bits per heavy atom. The van der Waals surface area contributed by atoms with E-state index in [1.807, 2.05) is 24.3 Å². The van der Waals surface area contributed by atoms with Crippen molar-refractivity contribution in [2.45, 2.75) is 25.9 Å². The van der Waals surface area contributed by atoms with Gasteiger partial charge in [-0.2, -0.15) is 8.78 Å². The quantitative estimate of drug-likeness (QED) is 0.478. The van der Waals surface area contributed by atoms with Gasteiger partial charge >= 0.3 is 12.6 Å². The molecule has 0 bridgehead atoms. The van der Waals surface area contributed by atoms with Gasteiger partial charge in [0.1, 0.15) is 17.1 Å². The summed E-state index contributed by atoms with van der Waals surface area (Å²) in [7, 11) is 0. The first-order chi connectivity index (χ1) is 16.5. The molecule has 34 heavy (non-hydrogen) atoms. The van der Waals surface area contributed by atoms with Crippen LogP contribution in [0.25, 0.3) is 10.9 Å². The molecule has 0 radical (unpaired) electrons. The fraction of sp³-hybridized carbons (Fsp3) is 0.320. The van der Waals surface area contributed by atoms with Crippen LogP contribution in [0, 0.1) is 0 Å². The number of carbonyl (C=O) groups excluding carboxylic acids is 2. The number of nitrogens with zero attached hydrogens (tertiary/aromatic N) is 2. The second kappa shape index (κ2) is 10.9. The first kappa shape index (κ1) is 23.4. The molecular weight excluding hydrogens is 444 g/mol. The van der Waals surface area contributed by atoms with Gasteiger partial charge in [0, 0.05) is 25.0 Å². The zero-order chi connectivity index (χ0) is 23.9. The van der Waals surface area contributed by atoms with Gasteiger partial charge in [-0.25, -0.2) is 9.78 Å². The first-order valence-corrected chi connectivity index (χ1v) is 11.1. The van der Waals surface area contributed by atoms with Gasteiger partial charge in [-0.3, -0.25) is 4.79 Å². The Bertz CT molecular complexity index is 1150. The van der Waals surface area contributed by atoms with E-state index in [0.29, 0.717) is 24.3 Å². The molecule has 0 saturated carbocycles. The summed E-state index contributed by atoms with van der Waals surface area (Å²) in [5, 5.41) is 3.52. The van der Waals surface area contributed by atoms with E-state index in [0.717, 1.165) is 42.4 Å². The van der Waals surface area contributed by atoms with E-state index < -0.39 is 25.1 Å². The number of hydrogen-bond donors (Lipinski definition) is 1. The number of amides is 1. The minimum Gasteiger partial charge on any atom is -0.452 e. The Kier molecular flexibility index (Phi) is 7.51. The standard InChI is InChI=1S/C25H25F2N3O4/c26-25(27)34-19-9-7-17(8-10-19)11-12-28-22(31)16-33-24(32)20-15-18-5-1-2-6-21(18)29-23(20)30-13-3-4-14-30/h1-2,5-10,15,25H,3-4,11-14,16H2,(H,28,31). The van der Waals surface area contributed by atoms with Crippen molar-refractivity contribution in [2.75, 3.05) is 31.1 Å². The topological polar surface area (TPSA) is 80.8 Å². The highest BCUT2D eigenvalue weighted by Crippen LogP contribution is 2.27. The van der Waals surface area contributed by atoms with Crippen LogP contribution in [-0.4, -0.2) is 49.7 Å². The molecule has 1 amide bonds. The van der Waals surface area contributed by atoms with Gasteiger partial charge < -0.3 is 19.7 Å². The molecule has 0 aliphatic carbocycles. The Hall–Kier alpha value is -3.75. The summed E-state index contributed by atoms with van der Waals surface area (Å²) in [6.45, 7) is -1.33. The minimum absolute atomic E-state index is 0.0752. The van der Waals surface area contributed by atoms with Crippen molar-refractivity contribution in [2.24, 2.45) is 0 Å². The van der Waals surface area contributed by atoms with Crippen LogP contribution in [0.5, 0.6) is 5.75 Å². The fourth-order valence-electron chi connectivity index (χ4n) is 3.87. The van der Waals surface area contributed by atoms with E-state index in [1.54, 1.807) is 18.2 Å². The van der Waals surface area contributed by atoms with Crippen molar-refractivity contribution in [1.82, 2.24) is 10.3 Å². The molecule has 4 rings (SSSR count). The van der Waals surface area contributed by atoms with Crippen molar-refractivity contribution >= 4 is 28.6 Å². The molecule has 0 atom stereocenters. The van der Waals surface area contributed by atoms with Crippen LogP contribution >= 0.6 is 0 Å². The molecule has 0 unspecified atom stereocenters. The number of hydrogen-bond acceptors (Lipinski definition) is 6. The summed E-state index contributed by atoms with van der Waals surface area (Å²) in [4.78, 5) is 31.8. The number of ether oxygens (including phenoxy) is 2. The van der Waals surface area contributed by atoms with Gasteiger partial charge in [0.15, 0.2) is 6.61 Å². The molecule has 178 valence electrons. The molecule has 2 aromatic carbocycles. The lowest BCUT2D eigenvalue weighted by molar-refractivity contribution is -0.124. The number of anilines is 1. The number of rotatable bonds is 9. The average molecular weight is 469 g/mol. The highest BCUT2D eigenvalue weighted by atomic mass is 19.3. The fourth-order valence-corrected chi connectivity index (χ4v) is 3.87. The Morgan fingerprint density at radius 1 is 1.06 bits per heavy atom. The van der Waals surface area contributed by atoms with E-state index >= 15 is 0 Å². The Morgan fingerprint density at radius 2 is 1.79 bits per heavy atom. The summed E-state index contributed by atoms with van der Waals surface area (Å²) in [6, 6.07) is 15.5. The third kappa shape index (κ3) is 5.98. The van der Waals surface area contributed by atoms with Gasteiger partial charge in [-0.05, 0) is 49.1 Å². The maximum Gasteiger partial charge on any atom is 0.387 e. The van der Waals surface area contributed by atoms with Crippen molar-refractivity contribution in [3.05, 3.63) is 65.7 Å². The van der Waals surface area contributed by atoms with Crippen molar-refractivity contribution < 1.29 is 27.8 Å². The van der Waals surface area contributed by atoms with Crippen LogP contribution in [0.4, 0.5) is 14.6 Å². The zero-order valence-corrected chi connectivity index (χ0v) is 18.5. The SMILES string of the molecule is O=C(COC(=O)c1cc2ccccc2nc1N1CCCC1)NCCc1ccc(OC(F)F)cc1. The lowest BCUT2D eigenvalue weighted by Gasteiger charge is -2.20. The molecule has 1 N–H and O–H groups in total. The number of benzene rings is 2. The van der Waals surface area contributed by atoms with Gasteiger partial charge in [0.25, 0.3) is 5.91 Å². The summed E-state index contributed by atoms with van der Waals surface area (Å²) in [6.07, 6.45) is 2.56. The van der Waals surface area contributed by atoms with E-state index in [1.165, 1.54) is 12.1 Å². The average Bonchev–Trinajstić information content (AvgIpc) is 3.37. The normalized spacial score (nSPS) is 13.3. The Balaban J connectivity index is 1.31. The van der Waals surface area contributed by atoms with E-state index in [9.17, 15) is 18.4 Å². The van der Waals surface area contributed by atoms with Crippen molar-refractivity contribution in [3.63, 3.8) is 0 Å². The highest BCUT2D eigenvalue weighted by Gasteiger charge is 2.23. The van der Waals surface area contributed by atoms with Gasteiger partial charge in [0.2, 0.25) is 0 Å². The van der Waals surface area contributed by atoms with Crippen LogP contribution in [0.3, 0.4) is 0 Å². The maximum atomic E-state index is 12.8. The third-order valence-corrected chi connectivity index (χ3v) is 5.55. The minimum atomic E-state index is -2.87. The number of esters is 1. The summed E-state index contributed by atoms with van der Waals surface area (Å²) >= 11 is 0. The molecule has 1 aromatic heterocycles. The number of pyridine rings is 1. The predicted molar refractivity (Wildman–Crippen MR) is 123 cm³/mol. The van der Waals surface area contributed by atoms with Crippen molar-refractivity contribution in [3.8, 4) is 5.75 Å². The number of aromatic nitrogens is 1. The van der Waals surface area contributed by atoms with E-state index in [4.69, 9.17) is 4.74 Å². The van der Waals surface area contributed by atoms with Crippen LogP contribution in [0.15, 0.2) is 54.6 Å². The predicted octanol–water partition coefficient (Wildman–Crippen LogP) is 3.95. The molecule has 1 aliphatic rings. The number of para-hydroxylation sites is 1. The lowest BCUT2D eigenvalue weighted by atomic mass is 10.1. The lowest BCUT2D eigenvalue weighted by Crippen LogP contribution is -2.31. The third-order valence-electron chi connectivity index (χ3n) is 5.55. The number of halogens is 2. The Labute approximate surface area is 195 Å². The second-order valence-electron chi connectivity index (χ2n) is 7.94. The van der Waals surface area contributed by atoms with Gasteiger partial charge in [-0.15, -0.1) is 0 Å². The molecule has 2 heterocycles. The molecule has 1 saturated heterocycles. The summed E-state index contributed by atoms with van der Waals surface area (Å²) < 4.78 is 34.0. The van der Waals surface area contributed by atoms with Crippen LogP contribution in [0.1, 0.15) is 28.8 Å². The number of carbonyl (C=O) groups is 2. The zero-order valence-electron chi connectivity index (χ0n) is 18.5. The molecule has 9 heteroatoms. The summed E-state index contributed by atoms with van der Waals surface area (Å²) in [5.41, 5.74) is 1.99. The molecule has 1 fully saturated rings. The molecule has 3 aromatic rings. The van der Waals surface area contributed by atoms with E-state index in [-0.39, 0.29) is 5.75 Å². The second-order valence-corrected chi connectivity index (χ2v) is 7.94. The van der Waals surface area contributed by atoms with Gasteiger partial charge in [-0.1, -0.05) is 30.3 Å².